The van der Waals surface area contributed by atoms with Gasteiger partial charge in [0.1, 0.15) is 18.1 Å². The molecule has 0 radical (unpaired) electrons. The van der Waals surface area contributed by atoms with Crippen molar-refractivity contribution in [3.05, 3.63) is 36.9 Å². The minimum Gasteiger partial charge on any atom is -0.494 e. The second-order valence-corrected chi connectivity index (χ2v) is 5.42. The van der Waals surface area contributed by atoms with Gasteiger partial charge in [0.05, 0.1) is 6.61 Å². The van der Waals surface area contributed by atoms with Gasteiger partial charge >= 0.3 is 0 Å². The Hall–Kier alpha value is -1.23. The van der Waals surface area contributed by atoms with Crippen molar-refractivity contribution in [2.24, 2.45) is 0 Å². The predicted molar refractivity (Wildman–Crippen MR) is 93.4 cm³/mol. The number of likely N-dealkylation sites (N-methyl/N-ethyl adjacent to an activating group) is 1. The van der Waals surface area contributed by atoms with E-state index in [0.29, 0.717) is 6.61 Å². The minimum atomic E-state index is 0. The van der Waals surface area contributed by atoms with E-state index in [9.17, 15) is 0 Å². The molecule has 0 aliphatic carbocycles. The summed E-state index contributed by atoms with van der Waals surface area (Å²) in [6.07, 6.45) is 2.81. The van der Waals surface area contributed by atoms with Gasteiger partial charge < -0.3 is 19.3 Å². The third kappa shape index (κ3) is 6.69. The molecule has 1 aliphatic rings. The maximum Gasteiger partial charge on any atom is 0.120 e. The molecule has 4 nitrogen and oxygen atoms in total. The highest BCUT2D eigenvalue weighted by Gasteiger charge is 2.12. The molecular formula is C17H27ClN2O2. The van der Waals surface area contributed by atoms with Crippen molar-refractivity contribution in [1.82, 2.24) is 9.80 Å². The molecule has 0 saturated carbocycles. The standard InChI is InChI=1S/C17H26N2O2.ClH/c1-3-14-20-16-5-7-17(8-6-16)21-15-4-9-19-12-10-18(2)11-13-19;/h3,5-8H,1,4,9-15H2,2H3;1H. The van der Waals surface area contributed by atoms with Crippen LogP contribution in [0.4, 0.5) is 0 Å². The van der Waals surface area contributed by atoms with Gasteiger partial charge in [0.2, 0.25) is 0 Å². The Morgan fingerprint density at radius 3 is 2.23 bits per heavy atom. The summed E-state index contributed by atoms with van der Waals surface area (Å²) < 4.78 is 11.2. The number of nitrogens with zero attached hydrogens (tertiary/aromatic N) is 2. The largest absolute Gasteiger partial charge is 0.494 e. The maximum atomic E-state index is 5.76. The number of benzene rings is 1. The SMILES string of the molecule is C=CCOc1ccc(OCCCN2CCN(C)CC2)cc1.Cl. The van der Waals surface area contributed by atoms with Crippen LogP contribution < -0.4 is 9.47 Å². The van der Waals surface area contributed by atoms with E-state index in [1.54, 1.807) is 6.08 Å². The number of ether oxygens (including phenoxy) is 2. The summed E-state index contributed by atoms with van der Waals surface area (Å²) in [5.74, 6) is 1.75. The van der Waals surface area contributed by atoms with Gasteiger partial charge in [-0.1, -0.05) is 12.7 Å². The zero-order valence-corrected chi connectivity index (χ0v) is 14.2. The molecule has 1 heterocycles. The number of piperazine rings is 1. The lowest BCUT2D eigenvalue weighted by molar-refractivity contribution is 0.145. The van der Waals surface area contributed by atoms with Gasteiger partial charge in [-0.05, 0) is 37.7 Å². The van der Waals surface area contributed by atoms with Crippen molar-refractivity contribution in [2.75, 3.05) is 53.0 Å². The van der Waals surface area contributed by atoms with Gasteiger partial charge in [0, 0.05) is 32.7 Å². The second-order valence-electron chi connectivity index (χ2n) is 5.42. The van der Waals surface area contributed by atoms with Crippen LogP contribution >= 0.6 is 12.4 Å². The summed E-state index contributed by atoms with van der Waals surface area (Å²) in [4.78, 5) is 4.89. The highest BCUT2D eigenvalue weighted by molar-refractivity contribution is 5.85. The first kappa shape index (κ1) is 18.8. The van der Waals surface area contributed by atoms with E-state index in [2.05, 4.69) is 23.4 Å². The van der Waals surface area contributed by atoms with Crippen LogP contribution in [-0.2, 0) is 0 Å². The van der Waals surface area contributed by atoms with Crippen LogP contribution in [0.1, 0.15) is 6.42 Å². The van der Waals surface area contributed by atoms with Crippen LogP contribution in [0.25, 0.3) is 0 Å². The van der Waals surface area contributed by atoms with Crippen molar-refractivity contribution < 1.29 is 9.47 Å². The minimum absolute atomic E-state index is 0. The van der Waals surface area contributed by atoms with E-state index < -0.39 is 0 Å². The Labute approximate surface area is 140 Å². The van der Waals surface area contributed by atoms with Gasteiger partial charge in [-0.15, -0.1) is 12.4 Å². The van der Waals surface area contributed by atoms with Crippen molar-refractivity contribution in [3.8, 4) is 11.5 Å². The number of hydrogen-bond donors (Lipinski definition) is 0. The fourth-order valence-electron chi connectivity index (χ4n) is 2.34. The first-order valence-electron chi connectivity index (χ1n) is 7.65. The lowest BCUT2D eigenvalue weighted by atomic mass is 10.3. The third-order valence-electron chi connectivity index (χ3n) is 3.67. The molecule has 1 saturated heterocycles. The number of hydrogen-bond acceptors (Lipinski definition) is 4. The molecule has 124 valence electrons. The Balaban J connectivity index is 0.00000242. The Morgan fingerprint density at radius 1 is 1.05 bits per heavy atom. The van der Waals surface area contributed by atoms with Crippen LogP contribution in [0.3, 0.4) is 0 Å². The smallest absolute Gasteiger partial charge is 0.120 e. The van der Waals surface area contributed by atoms with Gasteiger partial charge in [0.15, 0.2) is 0 Å². The Bertz CT molecular complexity index is 417. The second kappa shape index (κ2) is 10.5. The van der Waals surface area contributed by atoms with Crippen LogP contribution in [0.2, 0.25) is 0 Å². The Kier molecular flexibility index (Phi) is 8.97. The summed E-state index contributed by atoms with van der Waals surface area (Å²) in [7, 11) is 2.18. The fraction of sp³-hybridized carbons (Fsp3) is 0.529. The predicted octanol–water partition coefficient (Wildman–Crippen LogP) is 2.69. The lowest BCUT2D eigenvalue weighted by Gasteiger charge is -2.32. The average molecular weight is 327 g/mol. The molecule has 1 aromatic rings. The van der Waals surface area contributed by atoms with Gasteiger partial charge in [0.25, 0.3) is 0 Å². The number of rotatable bonds is 8. The molecule has 0 bridgehead atoms. The van der Waals surface area contributed by atoms with E-state index in [4.69, 9.17) is 9.47 Å². The zero-order valence-electron chi connectivity index (χ0n) is 13.4. The summed E-state index contributed by atoms with van der Waals surface area (Å²) in [5, 5.41) is 0. The molecule has 0 atom stereocenters. The normalized spacial score (nSPS) is 15.9. The molecule has 0 N–H and O–H groups in total. The lowest BCUT2D eigenvalue weighted by Crippen LogP contribution is -2.44. The van der Waals surface area contributed by atoms with Crippen LogP contribution in [-0.4, -0.2) is 62.8 Å². The quantitative estimate of drug-likeness (QED) is 0.541. The first-order chi connectivity index (χ1) is 10.3. The van der Waals surface area contributed by atoms with Crippen LogP contribution in [0.15, 0.2) is 36.9 Å². The fourth-order valence-corrected chi connectivity index (χ4v) is 2.34. The summed E-state index contributed by atoms with van der Waals surface area (Å²) in [5.41, 5.74) is 0. The summed E-state index contributed by atoms with van der Waals surface area (Å²) in [6.45, 7) is 10.7. The van der Waals surface area contributed by atoms with Crippen molar-refractivity contribution in [3.63, 3.8) is 0 Å². The summed E-state index contributed by atoms with van der Waals surface area (Å²) >= 11 is 0. The van der Waals surface area contributed by atoms with E-state index in [0.717, 1.165) is 31.1 Å². The topological polar surface area (TPSA) is 24.9 Å². The first-order valence-corrected chi connectivity index (χ1v) is 7.65. The third-order valence-corrected chi connectivity index (χ3v) is 3.67. The molecule has 1 fully saturated rings. The molecule has 22 heavy (non-hydrogen) atoms. The number of halogens is 1. The molecule has 0 aromatic heterocycles. The molecule has 1 aliphatic heterocycles. The zero-order chi connectivity index (χ0) is 14.9. The summed E-state index contributed by atoms with van der Waals surface area (Å²) in [6, 6.07) is 7.77. The molecule has 1 aromatic carbocycles. The van der Waals surface area contributed by atoms with Gasteiger partial charge in [-0.25, -0.2) is 0 Å². The van der Waals surface area contributed by atoms with Crippen LogP contribution in [0.5, 0.6) is 11.5 Å². The van der Waals surface area contributed by atoms with E-state index >= 15 is 0 Å². The Morgan fingerprint density at radius 2 is 1.64 bits per heavy atom. The van der Waals surface area contributed by atoms with Crippen molar-refractivity contribution in [2.45, 2.75) is 6.42 Å². The van der Waals surface area contributed by atoms with E-state index in [-0.39, 0.29) is 12.4 Å². The monoisotopic (exact) mass is 326 g/mol. The molecular weight excluding hydrogens is 300 g/mol. The van der Waals surface area contributed by atoms with Gasteiger partial charge in [-0.2, -0.15) is 0 Å². The molecule has 0 unspecified atom stereocenters. The average Bonchev–Trinajstić information content (AvgIpc) is 2.52. The highest BCUT2D eigenvalue weighted by atomic mass is 35.5. The van der Waals surface area contributed by atoms with E-state index in [1.807, 2.05) is 24.3 Å². The van der Waals surface area contributed by atoms with Crippen LogP contribution in [0, 0.1) is 0 Å². The molecule has 0 spiro atoms. The molecule has 0 amide bonds. The molecule has 2 rings (SSSR count). The highest BCUT2D eigenvalue weighted by Crippen LogP contribution is 2.17. The van der Waals surface area contributed by atoms with Crippen molar-refractivity contribution in [1.29, 1.82) is 0 Å². The van der Waals surface area contributed by atoms with Crippen molar-refractivity contribution >= 4 is 12.4 Å². The van der Waals surface area contributed by atoms with Gasteiger partial charge in [-0.3, -0.25) is 0 Å². The molecule has 5 heteroatoms. The van der Waals surface area contributed by atoms with E-state index in [1.165, 1.54) is 26.2 Å². The maximum absolute atomic E-state index is 5.76.